The summed E-state index contributed by atoms with van der Waals surface area (Å²) in [5.74, 6) is 0.572. The van der Waals surface area contributed by atoms with Crippen molar-refractivity contribution in [1.29, 1.82) is 0 Å². The minimum atomic E-state index is -0.212. The lowest BCUT2D eigenvalue weighted by molar-refractivity contribution is -0.126. The van der Waals surface area contributed by atoms with E-state index in [1.54, 1.807) is 0 Å². The molecular formula is C13H22ClNO2. The number of hydrogen-bond donors (Lipinski definition) is 1. The van der Waals surface area contributed by atoms with Gasteiger partial charge in [0.15, 0.2) is 0 Å². The van der Waals surface area contributed by atoms with Crippen LogP contribution in [0, 0.1) is 0 Å². The molecule has 0 radical (unpaired) electrons. The molecule has 0 aromatic carbocycles. The van der Waals surface area contributed by atoms with Crippen LogP contribution < -0.4 is 5.32 Å². The Balaban J connectivity index is 2.58. The van der Waals surface area contributed by atoms with E-state index < -0.39 is 0 Å². The van der Waals surface area contributed by atoms with Crippen molar-refractivity contribution in [1.82, 2.24) is 5.32 Å². The van der Waals surface area contributed by atoms with Crippen molar-refractivity contribution in [2.45, 2.75) is 57.4 Å². The first-order valence-corrected chi connectivity index (χ1v) is 6.89. The Bertz CT molecular complexity index is 260. The Morgan fingerprint density at radius 2 is 2.12 bits per heavy atom. The second kappa shape index (κ2) is 7.72. The van der Waals surface area contributed by atoms with E-state index in [0.29, 0.717) is 12.2 Å². The lowest BCUT2D eigenvalue weighted by Crippen LogP contribution is -2.45. The van der Waals surface area contributed by atoms with Crippen LogP contribution in [0.3, 0.4) is 0 Å². The predicted octanol–water partition coefficient (Wildman–Crippen LogP) is 3.33. The summed E-state index contributed by atoms with van der Waals surface area (Å²) >= 11 is 5.77. The molecule has 0 heterocycles. The van der Waals surface area contributed by atoms with Gasteiger partial charge in [-0.3, -0.25) is 4.79 Å². The molecule has 3 nitrogen and oxygen atoms in total. The molecule has 0 aliphatic heterocycles. The average Bonchev–Trinajstić information content (AvgIpc) is 2.81. The molecule has 0 unspecified atom stereocenters. The van der Waals surface area contributed by atoms with Crippen LogP contribution in [-0.4, -0.2) is 18.6 Å². The zero-order valence-electron chi connectivity index (χ0n) is 10.5. The van der Waals surface area contributed by atoms with Gasteiger partial charge in [0.1, 0.15) is 5.76 Å². The zero-order valence-corrected chi connectivity index (χ0v) is 11.3. The van der Waals surface area contributed by atoms with Crippen LogP contribution >= 0.6 is 11.6 Å². The molecule has 0 amide bonds. The Kier molecular flexibility index (Phi) is 6.60. The van der Waals surface area contributed by atoms with Crippen molar-refractivity contribution < 1.29 is 9.53 Å². The molecule has 98 valence electrons. The largest absolute Gasteiger partial charge is 0.430 e. The lowest BCUT2D eigenvalue weighted by atomic mass is 9.95. The number of rotatable bonds is 8. The first-order chi connectivity index (χ1) is 8.29. The minimum Gasteiger partial charge on any atom is -0.430 e. The molecule has 4 heteroatoms. The fourth-order valence-electron chi connectivity index (χ4n) is 2.49. The summed E-state index contributed by atoms with van der Waals surface area (Å²) < 4.78 is 5.02. The van der Waals surface area contributed by atoms with Crippen LogP contribution in [0.5, 0.6) is 0 Å². The molecular weight excluding hydrogens is 238 g/mol. The summed E-state index contributed by atoms with van der Waals surface area (Å²) in [6, 6.07) is 0. The van der Waals surface area contributed by atoms with Crippen molar-refractivity contribution in [3.63, 3.8) is 0 Å². The summed E-state index contributed by atoms with van der Waals surface area (Å²) in [5.41, 5.74) is 1.18. The molecule has 17 heavy (non-hydrogen) atoms. The highest BCUT2D eigenvalue weighted by atomic mass is 35.5. The van der Waals surface area contributed by atoms with E-state index in [0.717, 1.165) is 38.6 Å². The van der Waals surface area contributed by atoms with Crippen molar-refractivity contribution >= 4 is 18.1 Å². The highest BCUT2D eigenvalue weighted by Crippen LogP contribution is 2.36. The van der Waals surface area contributed by atoms with Gasteiger partial charge in [-0.1, -0.05) is 44.2 Å². The van der Waals surface area contributed by atoms with E-state index >= 15 is 0 Å². The third-order valence-corrected chi connectivity index (χ3v) is 3.64. The van der Waals surface area contributed by atoms with Gasteiger partial charge < -0.3 is 10.1 Å². The van der Waals surface area contributed by atoms with Gasteiger partial charge in [0, 0.05) is 5.54 Å². The molecule has 1 N–H and O–H groups in total. The fraction of sp³-hybridized carbons (Fsp3) is 0.769. The molecule has 1 fully saturated rings. The van der Waals surface area contributed by atoms with Gasteiger partial charge in [-0.2, -0.15) is 0 Å². The van der Waals surface area contributed by atoms with Crippen LogP contribution in [0.1, 0.15) is 51.9 Å². The summed E-state index contributed by atoms with van der Waals surface area (Å²) in [6.07, 6.45) is 7.86. The number of nitrogens with one attached hydrogen (secondary N) is 1. The first-order valence-electron chi connectivity index (χ1n) is 6.45. The zero-order chi connectivity index (χ0) is 12.6. The maximum atomic E-state index is 10.5. The van der Waals surface area contributed by atoms with Crippen molar-refractivity contribution in [2.75, 3.05) is 6.54 Å². The molecule has 0 atom stereocenters. The molecule has 0 aromatic heterocycles. The maximum absolute atomic E-state index is 10.5. The molecule has 0 spiro atoms. The van der Waals surface area contributed by atoms with Gasteiger partial charge in [-0.15, -0.1) is 0 Å². The van der Waals surface area contributed by atoms with E-state index in [1.807, 2.05) is 0 Å². The minimum absolute atomic E-state index is 0.212. The molecule has 0 saturated heterocycles. The lowest BCUT2D eigenvalue weighted by Gasteiger charge is -2.31. The quantitative estimate of drug-likeness (QED) is 0.413. The summed E-state index contributed by atoms with van der Waals surface area (Å²) in [5, 5.41) is 3.53. The highest BCUT2D eigenvalue weighted by Gasteiger charge is 2.38. The van der Waals surface area contributed by atoms with Crippen molar-refractivity contribution in [3.8, 4) is 0 Å². The second-order valence-corrected chi connectivity index (χ2v) is 4.83. The van der Waals surface area contributed by atoms with Crippen LogP contribution in [-0.2, 0) is 9.53 Å². The smallest absolute Gasteiger partial charge is 0.298 e. The monoisotopic (exact) mass is 259 g/mol. The Morgan fingerprint density at radius 1 is 1.41 bits per heavy atom. The number of halogens is 1. The summed E-state index contributed by atoms with van der Waals surface area (Å²) in [6.45, 7) is 3.59. The Morgan fingerprint density at radius 3 is 2.65 bits per heavy atom. The fourth-order valence-corrected chi connectivity index (χ4v) is 2.75. The van der Waals surface area contributed by atoms with Crippen LogP contribution in [0.4, 0.5) is 0 Å². The van der Waals surface area contributed by atoms with E-state index in [9.17, 15) is 4.79 Å². The molecule has 1 aliphatic carbocycles. The summed E-state index contributed by atoms with van der Waals surface area (Å²) in [7, 11) is 0. The molecule has 1 saturated carbocycles. The van der Waals surface area contributed by atoms with Crippen molar-refractivity contribution in [2.24, 2.45) is 0 Å². The molecule has 0 aromatic rings. The third-order valence-electron chi connectivity index (χ3n) is 3.45. The highest BCUT2D eigenvalue weighted by molar-refractivity contribution is 6.25. The van der Waals surface area contributed by atoms with Crippen LogP contribution in [0.2, 0.25) is 0 Å². The van der Waals surface area contributed by atoms with Gasteiger partial charge in [-0.05, 0) is 25.8 Å². The second-order valence-electron chi connectivity index (χ2n) is 4.61. The van der Waals surface area contributed by atoms with E-state index in [4.69, 9.17) is 16.3 Å². The number of carbonyl (C=O) groups is 1. The standard InChI is InChI=1S/C13H22ClNO2/c1-2-3-6-9-15-13(7-4-5-8-13)12(10-14)17-11-16/h10-11,15H,2-9H2,1H3. The topological polar surface area (TPSA) is 38.3 Å². The number of carbonyl (C=O) groups excluding carboxylic acids is 1. The van der Waals surface area contributed by atoms with Crippen LogP contribution in [0.15, 0.2) is 11.3 Å². The summed E-state index contributed by atoms with van der Waals surface area (Å²) in [4.78, 5) is 10.5. The normalized spacial score (nSPS) is 19.3. The predicted molar refractivity (Wildman–Crippen MR) is 69.8 cm³/mol. The van der Waals surface area contributed by atoms with Crippen LogP contribution in [0.25, 0.3) is 0 Å². The van der Waals surface area contributed by atoms with Gasteiger partial charge >= 0.3 is 0 Å². The SMILES string of the molecule is CCCCCNC1(C(=CCl)OC=O)CCCC1. The average molecular weight is 260 g/mol. The Labute approximate surface area is 109 Å². The number of hydrogen-bond acceptors (Lipinski definition) is 3. The maximum Gasteiger partial charge on any atom is 0.298 e. The van der Waals surface area contributed by atoms with Gasteiger partial charge in [0.05, 0.1) is 5.54 Å². The van der Waals surface area contributed by atoms with E-state index in [-0.39, 0.29) is 5.54 Å². The Hall–Kier alpha value is -0.540. The van der Waals surface area contributed by atoms with Gasteiger partial charge in [0.2, 0.25) is 0 Å². The van der Waals surface area contributed by atoms with Crippen molar-refractivity contribution in [3.05, 3.63) is 11.3 Å². The first kappa shape index (κ1) is 14.5. The molecule has 1 aliphatic rings. The van der Waals surface area contributed by atoms with E-state index in [2.05, 4.69) is 12.2 Å². The van der Waals surface area contributed by atoms with Gasteiger partial charge in [0.25, 0.3) is 6.47 Å². The van der Waals surface area contributed by atoms with E-state index in [1.165, 1.54) is 18.4 Å². The van der Waals surface area contributed by atoms with Gasteiger partial charge in [-0.25, -0.2) is 0 Å². The number of ether oxygens (including phenoxy) is 1. The molecule has 1 rings (SSSR count). The third kappa shape index (κ3) is 4.00. The number of unbranched alkanes of at least 4 members (excludes halogenated alkanes) is 2. The molecule has 0 bridgehead atoms.